The Hall–Kier alpha value is -1.06. The number of cyclic esters (lactones) is 1. The van der Waals surface area contributed by atoms with Crippen LogP contribution >= 0.6 is 0 Å². The Morgan fingerprint density at radius 1 is 1.38 bits per heavy atom. The van der Waals surface area contributed by atoms with Crippen LogP contribution < -0.4 is 0 Å². The van der Waals surface area contributed by atoms with Crippen LogP contribution in [0, 0.1) is 5.92 Å². The number of hydrogen-bond acceptors (Lipinski definition) is 4. The average molecular weight is 228 g/mol. The Kier molecular flexibility index (Phi) is 5.90. The number of hydrogen-bond donors (Lipinski definition) is 0. The highest BCUT2D eigenvalue weighted by atomic mass is 16.5. The summed E-state index contributed by atoms with van der Waals surface area (Å²) in [7, 11) is 0. The number of carbonyl (C=O) groups is 2. The van der Waals surface area contributed by atoms with Gasteiger partial charge in [0.05, 0.1) is 19.6 Å². The Bertz CT molecular complexity index is 237. The van der Waals surface area contributed by atoms with E-state index in [9.17, 15) is 9.59 Å². The highest BCUT2D eigenvalue weighted by molar-refractivity contribution is 5.71. The van der Waals surface area contributed by atoms with E-state index in [4.69, 9.17) is 9.47 Å². The zero-order valence-corrected chi connectivity index (χ0v) is 9.87. The van der Waals surface area contributed by atoms with Gasteiger partial charge < -0.3 is 9.47 Å². The number of ether oxygens (including phenoxy) is 2. The van der Waals surface area contributed by atoms with E-state index in [-0.39, 0.29) is 11.9 Å². The molecule has 0 aromatic carbocycles. The van der Waals surface area contributed by atoms with Crippen LogP contribution in [0.5, 0.6) is 0 Å². The molecule has 1 unspecified atom stereocenters. The monoisotopic (exact) mass is 228 g/mol. The first-order valence-corrected chi connectivity index (χ1v) is 5.97. The lowest BCUT2D eigenvalue weighted by Crippen LogP contribution is -2.01. The number of carbonyl (C=O) groups excluding carboxylic acids is 2. The summed E-state index contributed by atoms with van der Waals surface area (Å²) in [5, 5.41) is 0. The molecule has 16 heavy (non-hydrogen) atoms. The summed E-state index contributed by atoms with van der Waals surface area (Å²) in [5.41, 5.74) is 0. The Morgan fingerprint density at radius 2 is 2.12 bits per heavy atom. The summed E-state index contributed by atoms with van der Waals surface area (Å²) >= 11 is 0. The maximum atomic E-state index is 10.8. The van der Waals surface area contributed by atoms with E-state index >= 15 is 0 Å². The van der Waals surface area contributed by atoms with Gasteiger partial charge in [-0.05, 0) is 12.8 Å². The first-order chi connectivity index (χ1) is 7.68. The first kappa shape index (κ1) is 13.0. The standard InChI is InChI=1S/C12H20O4/c1-10(13)15-7-5-3-2-4-6-11-8-12(14)16-9-11/h11H,2-9H2,1H3. The van der Waals surface area contributed by atoms with Crippen LogP contribution in [-0.4, -0.2) is 25.2 Å². The molecule has 4 heteroatoms. The highest BCUT2D eigenvalue weighted by Gasteiger charge is 2.22. The topological polar surface area (TPSA) is 52.6 Å². The molecule has 0 N–H and O–H groups in total. The van der Waals surface area contributed by atoms with E-state index in [1.54, 1.807) is 0 Å². The highest BCUT2D eigenvalue weighted by Crippen LogP contribution is 2.20. The van der Waals surface area contributed by atoms with Crippen LogP contribution in [0.15, 0.2) is 0 Å². The van der Waals surface area contributed by atoms with Crippen LogP contribution in [0.3, 0.4) is 0 Å². The number of unbranched alkanes of at least 4 members (excludes halogenated alkanes) is 3. The normalized spacial score (nSPS) is 19.6. The molecule has 1 heterocycles. The average Bonchev–Trinajstić information content (AvgIpc) is 2.62. The van der Waals surface area contributed by atoms with Crippen molar-refractivity contribution in [3.05, 3.63) is 0 Å². The number of rotatable bonds is 7. The van der Waals surface area contributed by atoms with Crippen molar-refractivity contribution in [2.75, 3.05) is 13.2 Å². The molecule has 0 spiro atoms. The van der Waals surface area contributed by atoms with Crippen molar-refractivity contribution in [1.29, 1.82) is 0 Å². The maximum Gasteiger partial charge on any atom is 0.306 e. The smallest absolute Gasteiger partial charge is 0.306 e. The molecule has 1 rings (SSSR count). The molecule has 1 aliphatic heterocycles. The van der Waals surface area contributed by atoms with Gasteiger partial charge in [-0.2, -0.15) is 0 Å². The lowest BCUT2D eigenvalue weighted by atomic mass is 10.0. The summed E-state index contributed by atoms with van der Waals surface area (Å²) in [4.78, 5) is 21.3. The summed E-state index contributed by atoms with van der Waals surface area (Å²) in [6, 6.07) is 0. The SMILES string of the molecule is CC(=O)OCCCCCCC1COC(=O)C1. The van der Waals surface area contributed by atoms with Crippen molar-refractivity contribution < 1.29 is 19.1 Å². The molecule has 1 atom stereocenters. The second kappa shape index (κ2) is 7.25. The van der Waals surface area contributed by atoms with Gasteiger partial charge in [0.1, 0.15) is 0 Å². The van der Waals surface area contributed by atoms with E-state index in [0.29, 0.717) is 25.6 Å². The van der Waals surface area contributed by atoms with Crippen LogP contribution in [0.2, 0.25) is 0 Å². The van der Waals surface area contributed by atoms with Gasteiger partial charge in [0.2, 0.25) is 0 Å². The third-order valence-electron chi connectivity index (χ3n) is 2.75. The molecule has 0 aromatic heterocycles. The summed E-state index contributed by atoms with van der Waals surface area (Å²) < 4.78 is 9.72. The van der Waals surface area contributed by atoms with Gasteiger partial charge >= 0.3 is 11.9 Å². The molecule has 1 aliphatic rings. The van der Waals surface area contributed by atoms with Crippen molar-refractivity contribution in [2.24, 2.45) is 5.92 Å². The van der Waals surface area contributed by atoms with Crippen LogP contribution in [0.1, 0.15) is 45.4 Å². The fraction of sp³-hybridized carbons (Fsp3) is 0.833. The van der Waals surface area contributed by atoms with Crippen molar-refractivity contribution >= 4 is 11.9 Å². The van der Waals surface area contributed by atoms with Gasteiger partial charge in [0.15, 0.2) is 0 Å². The third-order valence-corrected chi connectivity index (χ3v) is 2.75. The molecule has 92 valence electrons. The van der Waals surface area contributed by atoms with Gasteiger partial charge in [-0.3, -0.25) is 9.59 Å². The van der Waals surface area contributed by atoms with Crippen LogP contribution in [-0.2, 0) is 19.1 Å². The molecule has 0 bridgehead atoms. The Morgan fingerprint density at radius 3 is 2.75 bits per heavy atom. The van der Waals surface area contributed by atoms with Crippen LogP contribution in [0.4, 0.5) is 0 Å². The Labute approximate surface area is 96.3 Å². The van der Waals surface area contributed by atoms with E-state index in [0.717, 1.165) is 32.1 Å². The lowest BCUT2D eigenvalue weighted by molar-refractivity contribution is -0.141. The third kappa shape index (κ3) is 5.73. The molecule has 0 radical (unpaired) electrons. The Balaban J connectivity index is 1.85. The van der Waals surface area contributed by atoms with E-state index in [2.05, 4.69) is 0 Å². The first-order valence-electron chi connectivity index (χ1n) is 5.97. The van der Waals surface area contributed by atoms with Crippen molar-refractivity contribution in [3.8, 4) is 0 Å². The predicted molar refractivity (Wildman–Crippen MR) is 58.8 cm³/mol. The largest absolute Gasteiger partial charge is 0.466 e. The molecular weight excluding hydrogens is 208 g/mol. The van der Waals surface area contributed by atoms with Crippen molar-refractivity contribution in [2.45, 2.75) is 45.4 Å². The zero-order chi connectivity index (χ0) is 11.8. The molecule has 1 fully saturated rings. The fourth-order valence-corrected chi connectivity index (χ4v) is 1.85. The summed E-state index contributed by atoms with van der Waals surface area (Å²) in [6.07, 6.45) is 5.93. The molecule has 0 saturated carbocycles. The van der Waals surface area contributed by atoms with Gasteiger partial charge in [-0.25, -0.2) is 0 Å². The summed E-state index contributed by atoms with van der Waals surface area (Å²) in [6.45, 7) is 2.56. The van der Waals surface area contributed by atoms with E-state index < -0.39 is 0 Å². The van der Waals surface area contributed by atoms with Gasteiger partial charge in [-0.1, -0.05) is 19.3 Å². The van der Waals surface area contributed by atoms with Gasteiger partial charge in [0.25, 0.3) is 0 Å². The molecule has 1 saturated heterocycles. The molecule has 0 aromatic rings. The van der Waals surface area contributed by atoms with E-state index in [1.807, 2.05) is 0 Å². The molecule has 0 amide bonds. The zero-order valence-electron chi connectivity index (χ0n) is 9.87. The molecule has 4 nitrogen and oxygen atoms in total. The van der Waals surface area contributed by atoms with Crippen molar-refractivity contribution in [1.82, 2.24) is 0 Å². The predicted octanol–water partition coefficient (Wildman–Crippen LogP) is 2.06. The fourth-order valence-electron chi connectivity index (χ4n) is 1.85. The minimum atomic E-state index is -0.207. The van der Waals surface area contributed by atoms with E-state index in [1.165, 1.54) is 6.92 Å². The van der Waals surface area contributed by atoms with Gasteiger partial charge in [-0.15, -0.1) is 0 Å². The molecule has 0 aliphatic carbocycles. The lowest BCUT2D eigenvalue weighted by Gasteiger charge is -2.05. The number of esters is 2. The maximum absolute atomic E-state index is 10.8. The second-order valence-corrected chi connectivity index (χ2v) is 4.30. The quantitative estimate of drug-likeness (QED) is 0.494. The molecular formula is C12H20O4. The van der Waals surface area contributed by atoms with Crippen molar-refractivity contribution in [3.63, 3.8) is 0 Å². The summed E-state index contributed by atoms with van der Waals surface area (Å²) in [5.74, 6) is 0.169. The second-order valence-electron chi connectivity index (χ2n) is 4.30. The van der Waals surface area contributed by atoms with Crippen LogP contribution in [0.25, 0.3) is 0 Å². The van der Waals surface area contributed by atoms with Gasteiger partial charge in [0, 0.05) is 12.8 Å². The minimum Gasteiger partial charge on any atom is -0.466 e. The minimum absolute atomic E-state index is 0.0557.